The Kier molecular flexibility index (Phi) is 8.56. The van der Waals surface area contributed by atoms with E-state index in [-0.39, 0.29) is 24.4 Å². The lowest BCUT2D eigenvalue weighted by Crippen LogP contribution is -2.53. The summed E-state index contributed by atoms with van der Waals surface area (Å²) in [6.07, 6.45) is 0. The van der Waals surface area contributed by atoms with Crippen molar-refractivity contribution in [2.45, 2.75) is 25.6 Å². The molecule has 2 atom stereocenters. The Morgan fingerprint density at radius 2 is 1.69 bits per heavy atom. The van der Waals surface area contributed by atoms with E-state index >= 15 is 0 Å². The van der Waals surface area contributed by atoms with Crippen LogP contribution in [0.4, 0.5) is 10.1 Å². The van der Waals surface area contributed by atoms with Crippen LogP contribution >= 0.6 is 11.3 Å². The molecule has 1 aromatic heterocycles. The van der Waals surface area contributed by atoms with Gasteiger partial charge in [-0.05, 0) is 60.3 Å². The van der Waals surface area contributed by atoms with Crippen LogP contribution in [0.1, 0.15) is 23.4 Å². The maximum Gasteiger partial charge on any atom is 0.309 e. The lowest BCUT2D eigenvalue weighted by Gasteiger charge is -2.42. The number of hydrogen-bond donors (Lipinski definition) is 2. The van der Waals surface area contributed by atoms with Crippen LogP contribution in [0.25, 0.3) is 0 Å². The first-order valence-electron chi connectivity index (χ1n) is 11.9. The highest BCUT2D eigenvalue weighted by Gasteiger charge is 2.32. The highest BCUT2D eigenvalue weighted by molar-refractivity contribution is 7.10. The number of hydrogen-bond acceptors (Lipinski definition) is 6. The lowest BCUT2D eigenvalue weighted by atomic mass is 10.0. The van der Waals surface area contributed by atoms with Gasteiger partial charge in [-0.1, -0.05) is 18.2 Å². The molecule has 3 aromatic rings. The zero-order chi connectivity index (χ0) is 25.5. The highest BCUT2D eigenvalue weighted by atomic mass is 32.1. The number of carbonyl (C=O) groups is 2. The van der Waals surface area contributed by atoms with Crippen LogP contribution in [0.5, 0.6) is 5.75 Å². The lowest BCUT2D eigenvalue weighted by molar-refractivity contribution is -0.140. The monoisotopic (exact) mass is 510 g/mol. The molecule has 1 aliphatic rings. The van der Waals surface area contributed by atoms with Gasteiger partial charge in [0.25, 0.3) is 0 Å². The number of amides is 2. The number of thiophene rings is 1. The van der Waals surface area contributed by atoms with E-state index in [9.17, 15) is 14.0 Å². The van der Waals surface area contributed by atoms with Gasteiger partial charge in [-0.2, -0.15) is 0 Å². The van der Waals surface area contributed by atoms with E-state index in [0.29, 0.717) is 0 Å². The second kappa shape index (κ2) is 12.0. The SMILES string of the molecule is COc1ccc(CNC(=O)C(=O)NC(C)C(c2cccs2)N2CCN(c3ccc(F)cc3)CC2)cc1. The maximum absolute atomic E-state index is 13.3. The number of methoxy groups -OCH3 is 1. The Morgan fingerprint density at radius 3 is 2.31 bits per heavy atom. The molecule has 2 N–H and O–H groups in total. The number of nitrogens with one attached hydrogen (secondary N) is 2. The molecular weight excluding hydrogens is 479 g/mol. The van der Waals surface area contributed by atoms with Crippen LogP contribution in [0.2, 0.25) is 0 Å². The van der Waals surface area contributed by atoms with E-state index in [0.717, 1.165) is 48.1 Å². The predicted molar refractivity (Wildman–Crippen MR) is 140 cm³/mol. The Morgan fingerprint density at radius 1 is 1.00 bits per heavy atom. The molecule has 0 aliphatic carbocycles. The van der Waals surface area contributed by atoms with Gasteiger partial charge in [0.1, 0.15) is 11.6 Å². The third-order valence-electron chi connectivity index (χ3n) is 6.38. The molecule has 0 spiro atoms. The zero-order valence-corrected chi connectivity index (χ0v) is 21.3. The molecule has 2 aromatic carbocycles. The summed E-state index contributed by atoms with van der Waals surface area (Å²) < 4.78 is 18.4. The highest BCUT2D eigenvalue weighted by Crippen LogP contribution is 2.30. The number of piperazine rings is 1. The summed E-state index contributed by atoms with van der Waals surface area (Å²) in [6.45, 7) is 5.33. The number of carbonyl (C=O) groups excluding carboxylic acids is 2. The molecule has 2 unspecified atom stereocenters. The first-order valence-corrected chi connectivity index (χ1v) is 12.8. The second-order valence-electron chi connectivity index (χ2n) is 8.75. The van der Waals surface area contributed by atoms with E-state index < -0.39 is 11.8 Å². The molecular formula is C27H31FN4O3S. The fraction of sp³-hybridized carbons (Fsp3) is 0.333. The fourth-order valence-corrected chi connectivity index (χ4v) is 5.43. The predicted octanol–water partition coefficient (Wildman–Crippen LogP) is 3.58. The molecule has 7 nitrogen and oxygen atoms in total. The molecule has 4 rings (SSSR count). The van der Waals surface area contributed by atoms with E-state index in [2.05, 4.69) is 26.5 Å². The van der Waals surface area contributed by atoms with Crippen LogP contribution in [0.15, 0.2) is 66.0 Å². The number of benzene rings is 2. The van der Waals surface area contributed by atoms with E-state index in [4.69, 9.17) is 4.74 Å². The summed E-state index contributed by atoms with van der Waals surface area (Å²) in [7, 11) is 1.59. The molecule has 190 valence electrons. The molecule has 1 aliphatic heterocycles. The van der Waals surface area contributed by atoms with Crippen molar-refractivity contribution in [3.63, 3.8) is 0 Å². The van der Waals surface area contributed by atoms with Crippen molar-refractivity contribution in [2.24, 2.45) is 0 Å². The van der Waals surface area contributed by atoms with Crippen molar-refractivity contribution >= 4 is 28.8 Å². The van der Waals surface area contributed by atoms with E-state index in [1.807, 2.05) is 42.6 Å². The van der Waals surface area contributed by atoms with Gasteiger partial charge in [-0.3, -0.25) is 14.5 Å². The van der Waals surface area contributed by atoms with Gasteiger partial charge in [0, 0.05) is 49.3 Å². The summed E-state index contributed by atoms with van der Waals surface area (Å²) in [5, 5.41) is 7.62. The first-order chi connectivity index (χ1) is 17.4. The van der Waals surface area contributed by atoms with E-state index in [1.165, 1.54) is 12.1 Å². The smallest absolute Gasteiger partial charge is 0.309 e. The summed E-state index contributed by atoms with van der Waals surface area (Å²) in [5.74, 6) is -0.825. The summed E-state index contributed by atoms with van der Waals surface area (Å²) in [6, 6.07) is 17.6. The Labute approximate surface area is 214 Å². The van der Waals surface area contributed by atoms with Crippen LogP contribution < -0.4 is 20.3 Å². The van der Waals surface area contributed by atoms with Crippen LogP contribution in [-0.4, -0.2) is 56.0 Å². The van der Waals surface area contributed by atoms with Gasteiger partial charge in [0.2, 0.25) is 0 Å². The zero-order valence-electron chi connectivity index (χ0n) is 20.4. The molecule has 0 bridgehead atoms. The average molecular weight is 511 g/mol. The van der Waals surface area contributed by atoms with Gasteiger partial charge >= 0.3 is 11.8 Å². The average Bonchev–Trinajstić information content (AvgIpc) is 3.43. The Bertz CT molecular complexity index is 1130. The normalized spacial score (nSPS) is 15.7. The molecule has 2 heterocycles. The quantitative estimate of drug-likeness (QED) is 0.453. The number of ether oxygens (including phenoxy) is 1. The molecule has 9 heteroatoms. The van der Waals surface area contributed by atoms with Gasteiger partial charge in [0.05, 0.1) is 13.2 Å². The van der Waals surface area contributed by atoms with Gasteiger partial charge in [-0.25, -0.2) is 4.39 Å². The van der Waals surface area contributed by atoms with Gasteiger partial charge < -0.3 is 20.3 Å². The standard InChI is InChI=1S/C27H31FN4O3S/c1-19(30-27(34)26(33)29-18-20-5-11-23(35-2)12-6-20)25(24-4-3-17-36-24)32-15-13-31(14-16-32)22-9-7-21(28)8-10-22/h3-12,17,19,25H,13-16,18H2,1-2H3,(H,29,33)(H,30,34). The first kappa shape index (κ1) is 25.7. The minimum atomic E-state index is -0.663. The number of rotatable bonds is 8. The van der Waals surface area contributed by atoms with Crippen molar-refractivity contribution in [3.05, 3.63) is 82.3 Å². The topological polar surface area (TPSA) is 73.9 Å². The van der Waals surface area contributed by atoms with Crippen molar-refractivity contribution < 1.29 is 18.7 Å². The minimum Gasteiger partial charge on any atom is -0.497 e. The largest absolute Gasteiger partial charge is 0.497 e. The Balaban J connectivity index is 1.35. The third kappa shape index (κ3) is 6.41. The summed E-state index contributed by atoms with van der Waals surface area (Å²) >= 11 is 1.64. The molecule has 0 radical (unpaired) electrons. The minimum absolute atomic E-state index is 0.0568. The van der Waals surface area contributed by atoms with Crippen LogP contribution in [0.3, 0.4) is 0 Å². The molecule has 36 heavy (non-hydrogen) atoms. The maximum atomic E-state index is 13.3. The summed E-state index contributed by atoms with van der Waals surface area (Å²) in [4.78, 5) is 30.9. The molecule has 1 saturated heterocycles. The van der Waals surface area contributed by atoms with Crippen molar-refractivity contribution in [1.82, 2.24) is 15.5 Å². The Hall–Kier alpha value is -3.43. The van der Waals surface area contributed by atoms with Gasteiger partial charge in [0.15, 0.2) is 0 Å². The number of halogens is 1. The summed E-state index contributed by atoms with van der Waals surface area (Å²) in [5.41, 5.74) is 1.87. The van der Waals surface area contributed by atoms with Crippen molar-refractivity contribution in [1.29, 1.82) is 0 Å². The number of anilines is 1. The van der Waals surface area contributed by atoms with E-state index in [1.54, 1.807) is 30.6 Å². The third-order valence-corrected chi connectivity index (χ3v) is 7.33. The second-order valence-corrected chi connectivity index (χ2v) is 9.73. The van der Waals surface area contributed by atoms with Crippen LogP contribution in [0, 0.1) is 5.82 Å². The van der Waals surface area contributed by atoms with Crippen molar-refractivity contribution in [3.8, 4) is 5.75 Å². The van der Waals surface area contributed by atoms with Gasteiger partial charge in [-0.15, -0.1) is 11.3 Å². The van der Waals surface area contributed by atoms with Crippen LogP contribution in [-0.2, 0) is 16.1 Å². The molecule has 1 fully saturated rings. The number of nitrogens with zero attached hydrogens (tertiary/aromatic N) is 2. The fourth-order valence-electron chi connectivity index (χ4n) is 4.47. The molecule has 0 saturated carbocycles. The molecule has 2 amide bonds. The van der Waals surface area contributed by atoms with Crippen molar-refractivity contribution in [2.75, 3.05) is 38.2 Å².